The van der Waals surface area contributed by atoms with Gasteiger partial charge in [-0.05, 0) is 73.2 Å². The van der Waals surface area contributed by atoms with Crippen LogP contribution in [0.1, 0.15) is 33.6 Å². The van der Waals surface area contributed by atoms with E-state index in [0.29, 0.717) is 11.3 Å². The normalized spacial score (nSPS) is 14.2. The average molecular weight is 355 g/mol. The van der Waals surface area contributed by atoms with Crippen molar-refractivity contribution in [1.82, 2.24) is 4.90 Å². The molecule has 2 aromatic rings. The van der Waals surface area contributed by atoms with Crippen LogP contribution in [0.2, 0.25) is 0 Å². The minimum Gasteiger partial charge on any atom is -0.484 e. The molecule has 1 amide bonds. The molecule has 25 heavy (non-hydrogen) atoms. The third-order valence-corrected chi connectivity index (χ3v) is 5.23. The van der Waals surface area contributed by atoms with Gasteiger partial charge in [0.1, 0.15) is 5.75 Å². The minimum atomic E-state index is -0.0486. The Labute approximate surface area is 151 Å². The number of allylic oxidation sites excluding steroid dienone is 1. The van der Waals surface area contributed by atoms with E-state index in [2.05, 4.69) is 0 Å². The SMILES string of the molecule is Cc1ccsc1/C=C/C(=O)c1ccc(OCC(=O)N2CCCC2)cc1. The van der Waals surface area contributed by atoms with Crippen LogP contribution in [0.15, 0.2) is 41.8 Å². The number of benzene rings is 1. The van der Waals surface area contributed by atoms with Crippen LogP contribution in [0.25, 0.3) is 6.08 Å². The van der Waals surface area contributed by atoms with Crippen LogP contribution in [-0.2, 0) is 4.79 Å². The largest absolute Gasteiger partial charge is 0.484 e. The smallest absolute Gasteiger partial charge is 0.260 e. The Hall–Kier alpha value is -2.40. The monoisotopic (exact) mass is 355 g/mol. The molecule has 3 rings (SSSR count). The van der Waals surface area contributed by atoms with Crippen molar-refractivity contribution >= 4 is 29.1 Å². The molecule has 5 heteroatoms. The molecule has 0 spiro atoms. The van der Waals surface area contributed by atoms with E-state index in [1.165, 1.54) is 5.56 Å². The van der Waals surface area contributed by atoms with Crippen molar-refractivity contribution in [3.05, 3.63) is 57.8 Å². The maximum Gasteiger partial charge on any atom is 0.260 e. The highest BCUT2D eigenvalue weighted by Crippen LogP contribution is 2.18. The van der Waals surface area contributed by atoms with Crippen molar-refractivity contribution in [1.29, 1.82) is 0 Å². The maximum absolute atomic E-state index is 12.2. The number of rotatable bonds is 6. The Morgan fingerprint density at radius 2 is 1.88 bits per heavy atom. The minimum absolute atomic E-state index is 0.0203. The van der Waals surface area contributed by atoms with Crippen LogP contribution in [0.3, 0.4) is 0 Å². The van der Waals surface area contributed by atoms with E-state index in [-0.39, 0.29) is 18.3 Å². The van der Waals surface area contributed by atoms with Crippen LogP contribution in [0.5, 0.6) is 5.75 Å². The Kier molecular flexibility index (Phi) is 5.66. The van der Waals surface area contributed by atoms with Crippen LogP contribution in [-0.4, -0.2) is 36.3 Å². The standard InChI is InChI=1S/C20H21NO3S/c1-15-10-13-25-19(15)9-8-18(22)16-4-6-17(7-5-16)24-14-20(23)21-11-2-3-12-21/h4-10,13H,2-3,11-12,14H2,1H3/b9-8+. The molecular weight excluding hydrogens is 334 g/mol. The fraction of sp³-hybridized carbons (Fsp3) is 0.300. The van der Waals surface area contributed by atoms with Gasteiger partial charge in [-0.2, -0.15) is 0 Å². The Bertz CT molecular complexity index is 770. The summed E-state index contributed by atoms with van der Waals surface area (Å²) in [5.74, 6) is 0.571. The van der Waals surface area contributed by atoms with E-state index >= 15 is 0 Å². The molecule has 0 unspecified atom stereocenters. The topological polar surface area (TPSA) is 46.6 Å². The Morgan fingerprint density at radius 1 is 1.16 bits per heavy atom. The quantitative estimate of drug-likeness (QED) is 0.582. The summed E-state index contributed by atoms with van der Waals surface area (Å²) < 4.78 is 5.53. The first-order chi connectivity index (χ1) is 12.1. The van der Waals surface area contributed by atoms with Crippen LogP contribution < -0.4 is 4.74 Å². The molecule has 1 aliphatic rings. The van der Waals surface area contributed by atoms with Gasteiger partial charge in [0.25, 0.3) is 5.91 Å². The second-order valence-corrected chi connectivity index (χ2v) is 7.01. The fourth-order valence-electron chi connectivity index (χ4n) is 2.72. The van der Waals surface area contributed by atoms with Crippen LogP contribution >= 0.6 is 11.3 Å². The van der Waals surface area contributed by atoms with Gasteiger partial charge in [0, 0.05) is 23.5 Å². The van der Waals surface area contributed by atoms with Crippen molar-refractivity contribution in [3.63, 3.8) is 0 Å². The van der Waals surface area contributed by atoms with E-state index in [1.54, 1.807) is 41.7 Å². The lowest BCUT2D eigenvalue weighted by Gasteiger charge is -2.15. The number of hydrogen-bond acceptors (Lipinski definition) is 4. The molecule has 130 valence electrons. The fourth-order valence-corrected chi connectivity index (χ4v) is 3.54. The molecule has 0 bridgehead atoms. The number of amides is 1. The summed E-state index contributed by atoms with van der Waals surface area (Å²) in [7, 11) is 0. The zero-order valence-electron chi connectivity index (χ0n) is 14.2. The third-order valence-electron chi connectivity index (χ3n) is 4.25. The second-order valence-electron chi connectivity index (χ2n) is 6.07. The summed E-state index contributed by atoms with van der Waals surface area (Å²) in [5.41, 5.74) is 1.77. The van der Waals surface area contributed by atoms with Crippen molar-refractivity contribution in [2.24, 2.45) is 0 Å². The summed E-state index contributed by atoms with van der Waals surface area (Å²) in [6.07, 6.45) is 5.58. The first-order valence-electron chi connectivity index (χ1n) is 8.40. The molecule has 2 heterocycles. The predicted molar refractivity (Wildman–Crippen MR) is 100 cm³/mol. The number of carbonyl (C=O) groups excluding carboxylic acids is 2. The molecule has 0 N–H and O–H groups in total. The lowest BCUT2D eigenvalue weighted by Crippen LogP contribution is -2.32. The van der Waals surface area contributed by atoms with Gasteiger partial charge in [-0.3, -0.25) is 9.59 Å². The average Bonchev–Trinajstić information content (AvgIpc) is 3.30. The molecule has 0 aliphatic carbocycles. The molecule has 1 fully saturated rings. The summed E-state index contributed by atoms with van der Waals surface area (Å²) in [6, 6.07) is 8.95. The highest BCUT2D eigenvalue weighted by Gasteiger charge is 2.18. The van der Waals surface area contributed by atoms with Gasteiger partial charge in [0.2, 0.25) is 0 Å². The molecule has 1 aromatic heterocycles. The maximum atomic E-state index is 12.2. The van der Waals surface area contributed by atoms with E-state index in [1.807, 2.05) is 29.3 Å². The number of ketones is 1. The highest BCUT2D eigenvalue weighted by molar-refractivity contribution is 7.11. The number of likely N-dealkylation sites (tertiary alicyclic amines) is 1. The van der Waals surface area contributed by atoms with E-state index < -0.39 is 0 Å². The summed E-state index contributed by atoms with van der Waals surface area (Å²) >= 11 is 1.61. The van der Waals surface area contributed by atoms with Gasteiger partial charge in [0.15, 0.2) is 12.4 Å². The van der Waals surface area contributed by atoms with Crippen molar-refractivity contribution in [3.8, 4) is 5.75 Å². The number of thiophene rings is 1. The number of aryl methyl sites for hydroxylation is 1. The molecular formula is C20H21NO3S. The predicted octanol–water partition coefficient (Wildman–Crippen LogP) is 3.95. The molecule has 1 saturated heterocycles. The number of hydrogen-bond donors (Lipinski definition) is 0. The van der Waals surface area contributed by atoms with Gasteiger partial charge < -0.3 is 9.64 Å². The first-order valence-corrected chi connectivity index (χ1v) is 9.28. The van der Waals surface area contributed by atoms with Gasteiger partial charge in [-0.25, -0.2) is 0 Å². The first kappa shape index (κ1) is 17.4. The molecule has 0 saturated carbocycles. The highest BCUT2D eigenvalue weighted by atomic mass is 32.1. The molecule has 1 aliphatic heterocycles. The number of ether oxygens (including phenoxy) is 1. The summed E-state index contributed by atoms with van der Waals surface area (Å²) in [6.45, 7) is 3.72. The lowest BCUT2D eigenvalue weighted by atomic mass is 10.1. The Balaban J connectivity index is 1.54. The van der Waals surface area contributed by atoms with Crippen molar-refractivity contribution in [2.45, 2.75) is 19.8 Å². The van der Waals surface area contributed by atoms with Gasteiger partial charge in [-0.15, -0.1) is 11.3 Å². The van der Waals surface area contributed by atoms with Gasteiger partial charge >= 0.3 is 0 Å². The van der Waals surface area contributed by atoms with Crippen molar-refractivity contribution in [2.75, 3.05) is 19.7 Å². The molecule has 4 nitrogen and oxygen atoms in total. The molecule has 0 atom stereocenters. The number of nitrogens with zero attached hydrogens (tertiary/aromatic N) is 1. The summed E-state index contributed by atoms with van der Waals surface area (Å²) in [5, 5.41) is 2.01. The zero-order valence-corrected chi connectivity index (χ0v) is 15.1. The second kappa shape index (κ2) is 8.12. The van der Waals surface area contributed by atoms with Gasteiger partial charge in [-0.1, -0.05) is 0 Å². The number of carbonyl (C=O) groups is 2. The Morgan fingerprint density at radius 3 is 2.52 bits per heavy atom. The van der Waals surface area contributed by atoms with E-state index in [4.69, 9.17) is 4.74 Å². The van der Waals surface area contributed by atoms with Gasteiger partial charge in [0.05, 0.1) is 0 Å². The van der Waals surface area contributed by atoms with E-state index in [0.717, 1.165) is 30.8 Å². The van der Waals surface area contributed by atoms with Crippen LogP contribution in [0, 0.1) is 6.92 Å². The zero-order chi connectivity index (χ0) is 17.6. The third kappa shape index (κ3) is 4.57. The van der Waals surface area contributed by atoms with Crippen molar-refractivity contribution < 1.29 is 14.3 Å². The van der Waals surface area contributed by atoms with Crippen LogP contribution in [0.4, 0.5) is 0 Å². The molecule has 0 radical (unpaired) electrons. The summed E-state index contributed by atoms with van der Waals surface area (Å²) in [4.78, 5) is 27.1. The lowest BCUT2D eigenvalue weighted by molar-refractivity contribution is -0.132. The molecule has 1 aromatic carbocycles. The van der Waals surface area contributed by atoms with E-state index in [9.17, 15) is 9.59 Å².